The first-order valence-corrected chi connectivity index (χ1v) is 6.83. The summed E-state index contributed by atoms with van der Waals surface area (Å²) in [5.74, 6) is 0.670. The zero-order valence-corrected chi connectivity index (χ0v) is 10.5. The maximum atomic E-state index is 11.2. The molecule has 0 amide bonds. The number of hydrogen-bond donors (Lipinski definition) is 1. The van der Waals surface area contributed by atoms with Crippen LogP contribution >= 0.6 is 11.6 Å². The van der Waals surface area contributed by atoms with E-state index in [2.05, 4.69) is 15.3 Å². The molecule has 1 aromatic rings. The molecular weight excluding hydrogens is 266 g/mol. The van der Waals surface area contributed by atoms with Crippen LogP contribution in [0.3, 0.4) is 0 Å². The second-order valence-electron chi connectivity index (χ2n) is 3.46. The van der Waals surface area contributed by atoms with Gasteiger partial charge in [-0.3, -0.25) is 0 Å². The van der Waals surface area contributed by atoms with Crippen LogP contribution in [0.2, 0.25) is 5.15 Å². The Morgan fingerprint density at radius 2 is 2.29 bits per heavy atom. The van der Waals surface area contributed by atoms with Crippen LogP contribution in [0.4, 0.5) is 5.82 Å². The Bertz CT molecular complexity index is 559. The van der Waals surface area contributed by atoms with Crippen molar-refractivity contribution in [2.24, 2.45) is 0 Å². The van der Waals surface area contributed by atoms with E-state index in [1.165, 1.54) is 18.8 Å². The SMILES string of the molecule is COc1c(Cl)ncnc1NC1C=CS(=O)(=O)C1. The molecule has 17 heavy (non-hydrogen) atoms. The van der Waals surface area contributed by atoms with Crippen LogP contribution in [0.25, 0.3) is 0 Å². The summed E-state index contributed by atoms with van der Waals surface area (Å²) in [6, 6.07) is -0.333. The van der Waals surface area contributed by atoms with Crippen LogP contribution in [0.15, 0.2) is 17.8 Å². The maximum absolute atomic E-state index is 11.2. The maximum Gasteiger partial charge on any atom is 0.198 e. The molecule has 1 atom stereocenters. The third-order valence-corrected chi connectivity index (χ3v) is 3.88. The molecule has 0 fully saturated rings. The van der Waals surface area contributed by atoms with E-state index in [0.29, 0.717) is 11.6 Å². The lowest BCUT2D eigenvalue weighted by atomic mass is 10.3. The lowest BCUT2D eigenvalue weighted by Gasteiger charge is -2.13. The molecule has 0 radical (unpaired) electrons. The predicted molar refractivity (Wildman–Crippen MR) is 63.9 cm³/mol. The third kappa shape index (κ3) is 2.67. The number of nitrogens with zero attached hydrogens (tertiary/aromatic N) is 2. The molecular formula is C9H10ClN3O3S. The molecule has 6 nitrogen and oxygen atoms in total. The third-order valence-electron chi connectivity index (χ3n) is 2.22. The van der Waals surface area contributed by atoms with Crippen molar-refractivity contribution < 1.29 is 13.2 Å². The zero-order chi connectivity index (χ0) is 12.5. The lowest BCUT2D eigenvalue weighted by molar-refractivity contribution is 0.412. The Morgan fingerprint density at radius 1 is 1.53 bits per heavy atom. The average molecular weight is 276 g/mol. The van der Waals surface area contributed by atoms with Crippen molar-refractivity contribution in [3.8, 4) is 5.75 Å². The molecule has 1 N–H and O–H groups in total. The molecule has 0 saturated carbocycles. The standard InChI is InChI=1S/C9H10ClN3O3S/c1-16-7-8(10)11-5-12-9(7)13-6-2-3-17(14,15)4-6/h2-3,5-6H,4H2,1H3,(H,11,12,13). The second kappa shape index (κ2) is 4.50. The van der Waals surface area contributed by atoms with Gasteiger partial charge in [-0.25, -0.2) is 18.4 Å². The number of anilines is 1. The molecule has 0 aliphatic carbocycles. The van der Waals surface area contributed by atoms with E-state index < -0.39 is 9.84 Å². The number of ether oxygens (including phenoxy) is 1. The van der Waals surface area contributed by atoms with Crippen LogP contribution in [0, 0.1) is 0 Å². The fraction of sp³-hybridized carbons (Fsp3) is 0.333. The quantitative estimate of drug-likeness (QED) is 0.824. The van der Waals surface area contributed by atoms with Gasteiger partial charge in [-0.05, 0) is 6.08 Å². The summed E-state index contributed by atoms with van der Waals surface area (Å²) in [7, 11) is -1.66. The van der Waals surface area contributed by atoms with Crippen molar-refractivity contribution in [2.75, 3.05) is 18.2 Å². The lowest BCUT2D eigenvalue weighted by Crippen LogP contribution is -2.22. The molecule has 1 aromatic heterocycles. The summed E-state index contributed by atoms with van der Waals surface area (Å²) in [5, 5.41) is 4.29. The van der Waals surface area contributed by atoms with Crippen molar-refractivity contribution in [3.63, 3.8) is 0 Å². The summed E-state index contributed by atoms with van der Waals surface area (Å²) in [5.41, 5.74) is 0. The van der Waals surface area contributed by atoms with Gasteiger partial charge in [0.1, 0.15) is 6.33 Å². The van der Waals surface area contributed by atoms with Gasteiger partial charge in [0.25, 0.3) is 0 Å². The van der Waals surface area contributed by atoms with E-state index in [-0.39, 0.29) is 16.9 Å². The Hall–Kier alpha value is -1.34. The van der Waals surface area contributed by atoms with E-state index in [0.717, 1.165) is 0 Å². The minimum Gasteiger partial charge on any atom is -0.490 e. The highest BCUT2D eigenvalue weighted by molar-refractivity contribution is 7.94. The van der Waals surface area contributed by atoms with Crippen molar-refractivity contribution in [1.29, 1.82) is 0 Å². The van der Waals surface area contributed by atoms with Gasteiger partial charge >= 0.3 is 0 Å². The topological polar surface area (TPSA) is 81.2 Å². The molecule has 8 heteroatoms. The number of hydrogen-bond acceptors (Lipinski definition) is 6. The Kier molecular flexibility index (Phi) is 3.21. The van der Waals surface area contributed by atoms with Crippen LogP contribution in [0.1, 0.15) is 0 Å². The van der Waals surface area contributed by atoms with E-state index in [9.17, 15) is 8.42 Å². The molecule has 0 aromatic carbocycles. The average Bonchev–Trinajstić information content (AvgIpc) is 2.58. The summed E-state index contributed by atoms with van der Waals surface area (Å²) in [4.78, 5) is 7.73. The van der Waals surface area contributed by atoms with Crippen molar-refractivity contribution in [3.05, 3.63) is 23.0 Å². The van der Waals surface area contributed by atoms with Gasteiger partial charge in [-0.2, -0.15) is 0 Å². The molecule has 1 aliphatic rings. The highest BCUT2D eigenvalue weighted by Gasteiger charge is 2.23. The molecule has 1 aliphatic heterocycles. The van der Waals surface area contributed by atoms with Crippen LogP contribution in [0.5, 0.6) is 5.75 Å². The molecule has 0 spiro atoms. The highest BCUT2D eigenvalue weighted by Crippen LogP contribution is 2.29. The van der Waals surface area contributed by atoms with E-state index in [1.54, 1.807) is 6.08 Å². The van der Waals surface area contributed by atoms with Gasteiger partial charge in [0, 0.05) is 5.41 Å². The highest BCUT2D eigenvalue weighted by atomic mass is 35.5. The summed E-state index contributed by atoms with van der Waals surface area (Å²) in [6.45, 7) is 0. The molecule has 1 unspecified atom stereocenters. The minimum atomic E-state index is -3.11. The number of nitrogens with one attached hydrogen (secondary N) is 1. The minimum absolute atomic E-state index is 0.00221. The molecule has 2 rings (SSSR count). The number of sulfone groups is 1. The summed E-state index contributed by atoms with van der Waals surface area (Å²) in [6.07, 6.45) is 2.84. The number of halogens is 1. The van der Waals surface area contributed by atoms with Gasteiger partial charge < -0.3 is 10.1 Å². The fourth-order valence-electron chi connectivity index (χ4n) is 1.48. The fourth-order valence-corrected chi connectivity index (χ4v) is 2.92. The first-order valence-electron chi connectivity index (χ1n) is 4.74. The molecule has 2 heterocycles. The van der Waals surface area contributed by atoms with Gasteiger partial charge in [-0.15, -0.1) is 0 Å². The van der Waals surface area contributed by atoms with Gasteiger partial charge in [-0.1, -0.05) is 11.6 Å². The van der Waals surface area contributed by atoms with Gasteiger partial charge in [0.15, 0.2) is 26.6 Å². The van der Waals surface area contributed by atoms with Crippen molar-refractivity contribution in [1.82, 2.24) is 9.97 Å². The monoisotopic (exact) mass is 275 g/mol. The van der Waals surface area contributed by atoms with Gasteiger partial charge in [0.05, 0.1) is 18.9 Å². The van der Waals surface area contributed by atoms with E-state index in [1.807, 2.05) is 0 Å². The van der Waals surface area contributed by atoms with Crippen molar-refractivity contribution in [2.45, 2.75) is 6.04 Å². The van der Waals surface area contributed by atoms with E-state index in [4.69, 9.17) is 16.3 Å². The zero-order valence-electron chi connectivity index (χ0n) is 8.92. The number of rotatable bonds is 3. The summed E-state index contributed by atoms with van der Waals surface area (Å²) < 4.78 is 27.5. The van der Waals surface area contributed by atoms with Crippen LogP contribution < -0.4 is 10.1 Å². The Morgan fingerprint density at radius 3 is 2.88 bits per heavy atom. The van der Waals surface area contributed by atoms with Crippen molar-refractivity contribution >= 4 is 27.3 Å². The number of aromatic nitrogens is 2. The second-order valence-corrected chi connectivity index (χ2v) is 5.74. The summed E-state index contributed by atoms with van der Waals surface area (Å²) >= 11 is 5.82. The van der Waals surface area contributed by atoms with Gasteiger partial charge in [0.2, 0.25) is 0 Å². The van der Waals surface area contributed by atoms with E-state index >= 15 is 0 Å². The molecule has 0 bridgehead atoms. The predicted octanol–water partition coefficient (Wildman–Crippen LogP) is 0.861. The largest absolute Gasteiger partial charge is 0.490 e. The molecule has 0 saturated heterocycles. The Labute approximate surface area is 104 Å². The first kappa shape index (κ1) is 12.1. The van der Waals surface area contributed by atoms with Crippen LogP contribution in [-0.2, 0) is 9.84 Å². The first-order chi connectivity index (χ1) is 8.02. The number of methoxy groups -OCH3 is 1. The van der Waals surface area contributed by atoms with Crippen LogP contribution in [-0.4, -0.2) is 37.3 Å². The smallest absolute Gasteiger partial charge is 0.198 e. The normalized spacial score (nSPS) is 21.4. The Balaban J connectivity index is 2.21. The molecule has 92 valence electrons.